The lowest BCUT2D eigenvalue weighted by molar-refractivity contribution is 0.624. The first-order valence-corrected chi connectivity index (χ1v) is 4.27. The molecule has 0 spiro atoms. The molecule has 0 N–H and O–H groups in total. The zero-order chi connectivity index (χ0) is 8.55. The van der Waals surface area contributed by atoms with Crippen LogP contribution >= 0.6 is 11.3 Å². The third-order valence-corrected chi connectivity index (χ3v) is 2.57. The summed E-state index contributed by atoms with van der Waals surface area (Å²) >= 11 is 0.938. The summed E-state index contributed by atoms with van der Waals surface area (Å²) < 4.78 is 13.1. The van der Waals surface area contributed by atoms with Crippen molar-refractivity contribution < 1.29 is 4.39 Å². The standard InChI is InChI=1S/C9H5FOS/c10-7-5-6-3-1-2-4-8(6)12-9(7)11/h1-5H. The van der Waals surface area contributed by atoms with Crippen LogP contribution in [0.15, 0.2) is 35.1 Å². The van der Waals surface area contributed by atoms with Gasteiger partial charge in [0, 0.05) is 4.70 Å². The first-order valence-electron chi connectivity index (χ1n) is 3.46. The molecule has 2 rings (SSSR count). The van der Waals surface area contributed by atoms with E-state index in [1.165, 1.54) is 6.07 Å². The number of rotatable bonds is 0. The highest BCUT2D eigenvalue weighted by Crippen LogP contribution is 2.15. The van der Waals surface area contributed by atoms with Gasteiger partial charge in [0.2, 0.25) is 0 Å². The summed E-state index contributed by atoms with van der Waals surface area (Å²) in [5, 5.41) is 0.777. The second kappa shape index (κ2) is 2.68. The molecule has 3 heteroatoms. The third-order valence-electron chi connectivity index (χ3n) is 1.60. The van der Waals surface area contributed by atoms with Crippen molar-refractivity contribution in [3.63, 3.8) is 0 Å². The lowest BCUT2D eigenvalue weighted by Crippen LogP contribution is -1.98. The van der Waals surface area contributed by atoms with E-state index < -0.39 is 10.6 Å². The first kappa shape index (κ1) is 7.43. The Balaban J connectivity index is 2.93. The monoisotopic (exact) mass is 180 g/mol. The van der Waals surface area contributed by atoms with Crippen LogP contribution in [0.4, 0.5) is 4.39 Å². The van der Waals surface area contributed by atoms with E-state index in [1.54, 1.807) is 12.1 Å². The number of halogens is 1. The summed E-state index contributed by atoms with van der Waals surface area (Å²) in [6.45, 7) is 0. The van der Waals surface area contributed by atoms with E-state index in [2.05, 4.69) is 0 Å². The first-order chi connectivity index (χ1) is 5.77. The van der Waals surface area contributed by atoms with E-state index >= 15 is 0 Å². The number of hydrogen-bond donors (Lipinski definition) is 0. The molecule has 0 atom stereocenters. The molecule has 0 fully saturated rings. The van der Waals surface area contributed by atoms with Crippen LogP contribution in [-0.2, 0) is 0 Å². The molecule has 0 bridgehead atoms. The molecular formula is C9H5FOS. The number of benzene rings is 1. The predicted molar refractivity (Wildman–Crippen MR) is 48.1 cm³/mol. The molecule has 0 aliphatic rings. The Hall–Kier alpha value is -1.22. The van der Waals surface area contributed by atoms with Crippen LogP contribution in [0.2, 0.25) is 0 Å². The molecule has 2 aromatic rings. The molecule has 1 nitrogen and oxygen atoms in total. The van der Waals surface area contributed by atoms with Gasteiger partial charge >= 0.3 is 0 Å². The maximum atomic E-state index is 12.7. The Kier molecular flexibility index (Phi) is 1.66. The summed E-state index contributed by atoms with van der Waals surface area (Å²) in [4.78, 5) is 10.9. The minimum atomic E-state index is -0.668. The third kappa shape index (κ3) is 1.12. The van der Waals surface area contributed by atoms with Crippen LogP contribution in [0.1, 0.15) is 0 Å². The van der Waals surface area contributed by atoms with Gasteiger partial charge in [-0.15, -0.1) is 0 Å². The van der Waals surface area contributed by atoms with Gasteiger partial charge in [0.15, 0.2) is 5.82 Å². The highest BCUT2D eigenvalue weighted by molar-refractivity contribution is 7.16. The molecule has 12 heavy (non-hydrogen) atoms. The lowest BCUT2D eigenvalue weighted by atomic mass is 10.2. The van der Waals surface area contributed by atoms with Crippen LogP contribution in [-0.4, -0.2) is 0 Å². The van der Waals surface area contributed by atoms with Gasteiger partial charge in [0.25, 0.3) is 4.74 Å². The Labute approximate surface area is 72.1 Å². The van der Waals surface area contributed by atoms with E-state index in [1.807, 2.05) is 12.1 Å². The van der Waals surface area contributed by atoms with Gasteiger partial charge in [0.05, 0.1) is 0 Å². The summed E-state index contributed by atoms with van der Waals surface area (Å²) in [6.07, 6.45) is 0. The van der Waals surface area contributed by atoms with Crippen LogP contribution in [0.3, 0.4) is 0 Å². The van der Waals surface area contributed by atoms with Crippen molar-refractivity contribution in [2.45, 2.75) is 0 Å². The van der Waals surface area contributed by atoms with Gasteiger partial charge in [-0.2, -0.15) is 0 Å². The fraction of sp³-hybridized carbons (Fsp3) is 0. The zero-order valence-electron chi connectivity index (χ0n) is 6.08. The van der Waals surface area contributed by atoms with Gasteiger partial charge in [-0.3, -0.25) is 4.79 Å². The Morgan fingerprint density at radius 3 is 2.83 bits per heavy atom. The van der Waals surface area contributed by atoms with Gasteiger partial charge in [0.1, 0.15) is 0 Å². The van der Waals surface area contributed by atoms with Crippen molar-refractivity contribution in [1.82, 2.24) is 0 Å². The van der Waals surface area contributed by atoms with Crippen molar-refractivity contribution in [3.05, 3.63) is 45.7 Å². The molecule has 0 aliphatic heterocycles. The Bertz CT molecular complexity index is 475. The fourth-order valence-electron chi connectivity index (χ4n) is 1.04. The second-order valence-corrected chi connectivity index (χ2v) is 3.43. The molecule has 1 aromatic heterocycles. The molecule has 0 saturated carbocycles. The van der Waals surface area contributed by atoms with Crippen molar-refractivity contribution in [3.8, 4) is 0 Å². The second-order valence-electron chi connectivity index (χ2n) is 2.42. The number of fused-ring (bicyclic) bond motifs is 1. The normalized spacial score (nSPS) is 10.4. The van der Waals surface area contributed by atoms with E-state index in [0.29, 0.717) is 0 Å². The van der Waals surface area contributed by atoms with Gasteiger partial charge in [-0.25, -0.2) is 4.39 Å². The SMILES string of the molecule is O=c1sc2ccccc2cc1F. The van der Waals surface area contributed by atoms with Crippen molar-refractivity contribution in [2.24, 2.45) is 0 Å². The van der Waals surface area contributed by atoms with Crippen molar-refractivity contribution in [2.75, 3.05) is 0 Å². The summed E-state index contributed by atoms with van der Waals surface area (Å²) in [5.74, 6) is -0.668. The summed E-state index contributed by atoms with van der Waals surface area (Å²) in [5.41, 5.74) is 0. The van der Waals surface area contributed by atoms with Crippen molar-refractivity contribution in [1.29, 1.82) is 0 Å². The smallest absolute Gasteiger partial charge is 0.268 e. The quantitative estimate of drug-likeness (QED) is 0.608. The average molecular weight is 180 g/mol. The van der Waals surface area contributed by atoms with E-state index in [-0.39, 0.29) is 0 Å². The van der Waals surface area contributed by atoms with Crippen molar-refractivity contribution >= 4 is 21.4 Å². The van der Waals surface area contributed by atoms with Gasteiger partial charge < -0.3 is 0 Å². The predicted octanol–water partition coefficient (Wildman–Crippen LogP) is 2.40. The van der Waals surface area contributed by atoms with Gasteiger partial charge in [-0.1, -0.05) is 29.5 Å². The van der Waals surface area contributed by atoms with Crippen LogP contribution in [0.5, 0.6) is 0 Å². The molecular weight excluding hydrogens is 175 g/mol. The minimum absolute atomic E-state index is 0.506. The summed E-state index contributed by atoms with van der Waals surface area (Å²) in [7, 11) is 0. The highest BCUT2D eigenvalue weighted by Gasteiger charge is 2.00. The molecule has 1 aromatic carbocycles. The Morgan fingerprint density at radius 2 is 2.00 bits per heavy atom. The van der Waals surface area contributed by atoms with E-state index in [4.69, 9.17) is 0 Å². The van der Waals surface area contributed by atoms with Crippen LogP contribution in [0.25, 0.3) is 10.1 Å². The lowest BCUT2D eigenvalue weighted by Gasteiger charge is -1.93. The maximum Gasteiger partial charge on any atom is 0.268 e. The Morgan fingerprint density at radius 1 is 1.25 bits per heavy atom. The fourth-order valence-corrected chi connectivity index (χ4v) is 1.78. The molecule has 0 amide bonds. The highest BCUT2D eigenvalue weighted by atomic mass is 32.1. The van der Waals surface area contributed by atoms with Crippen LogP contribution in [0, 0.1) is 5.82 Å². The maximum absolute atomic E-state index is 12.7. The molecule has 60 valence electrons. The van der Waals surface area contributed by atoms with E-state index in [9.17, 15) is 9.18 Å². The molecule has 0 aliphatic carbocycles. The topological polar surface area (TPSA) is 17.1 Å². The molecule has 1 heterocycles. The van der Waals surface area contributed by atoms with Gasteiger partial charge in [-0.05, 0) is 17.5 Å². The number of hydrogen-bond acceptors (Lipinski definition) is 2. The van der Waals surface area contributed by atoms with Crippen LogP contribution < -0.4 is 4.74 Å². The molecule has 0 radical (unpaired) electrons. The molecule has 0 saturated heterocycles. The molecule has 0 unspecified atom stereocenters. The average Bonchev–Trinajstić information content (AvgIpc) is 2.07. The zero-order valence-corrected chi connectivity index (χ0v) is 6.90. The minimum Gasteiger partial charge on any atom is -0.274 e. The van der Waals surface area contributed by atoms with E-state index in [0.717, 1.165) is 21.4 Å². The largest absolute Gasteiger partial charge is 0.274 e. The summed E-state index contributed by atoms with van der Waals surface area (Å²) in [6, 6.07) is 8.51.